The number of ether oxygens (including phenoxy) is 1. The Labute approximate surface area is 239 Å². The van der Waals surface area contributed by atoms with Crippen molar-refractivity contribution in [2.45, 2.75) is 64.8 Å². The van der Waals surface area contributed by atoms with E-state index in [4.69, 9.17) is 4.74 Å². The summed E-state index contributed by atoms with van der Waals surface area (Å²) in [6, 6.07) is 11.5. The van der Waals surface area contributed by atoms with Crippen molar-refractivity contribution >= 4 is 11.6 Å². The van der Waals surface area contributed by atoms with E-state index in [1.54, 1.807) is 7.11 Å². The van der Waals surface area contributed by atoms with Crippen molar-refractivity contribution in [3.05, 3.63) is 82.9 Å². The molecule has 0 unspecified atom stereocenters. The van der Waals surface area contributed by atoms with Gasteiger partial charge in [-0.3, -0.25) is 14.8 Å². The van der Waals surface area contributed by atoms with Gasteiger partial charge in [0, 0.05) is 62.5 Å². The van der Waals surface area contributed by atoms with Crippen LogP contribution in [-0.2, 0) is 12.7 Å². The highest BCUT2D eigenvalue weighted by molar-refractivity contribution is 5.96. The van der Waals surface area contributed by atoms with Crippen LogP contribution in [-0.4, -0.2) is 59.6 Å². The first-order chi connectivity index (χ1) is 19.6. The predicted molar refractivity (Wildman–Crippen MR) is 153 cm³/mol. The lowest BCUT2D eigenvalue weighted by Gasteiger charge is -2.42. The van der Waals surface area contributed by atoms with E-state index < -0.39 is 23.2 Å². The molecule has 1 aliphatic rings. The highest BCUT2D eigenvalue weighted by atomic mass is 19.4. The lowest BCUT2D eigenvalue weighted by molar-refractivity contribution is -0.138. The maximum atomic E-state index is 13.4. The molecule has 3 heterocycles. The van der Waals surface area contributed by atoms with Crippen LogP contribution >= 0.6 is 0 Å². The van der Waals surface area contributed by atoms with Gasteiger partial charge in [0.15, 0.2) is 0 Å². The van der Waals surface area contributed by atoms with Gasteiger partial charge < -0.3 is 19.9 Å². The quantitative estimate of drug-likeness (QED) is 0.333. The number of piperidine rings is 1. The summed E-state index contributed by atoms with van der Waals surface area (Å²) in [6.07, 6.45) is 2.77. The summed E-state index contributed by atoms with van der Waals surface area (Å²) in [5.74, 6) is 0.0740. The number of carbonyl (C=O) groups is 1. The Hall–Kier alpha value is -3.66. The molecule has 1 fully saturated rings. The van der Waals surface area contributed by atoms with Crippen molar-refractivity contribution in [2.24, 2.45) is 0 Å². The number of pyridine rings is 2. The molecule has 2 aromatic heterocycles. The molecule has 1 aliphatic heterocycles. The van der Waals surface area contributed by atoms with E-state index >= 15 is 0 Å². The predicted octanol–water partition coefficient (Wildman–Crippen LogP) is 5.80. The molecule has 1 N–H and O–H groups in total. The van der Waals surface area contributed by atoms with Crippen molar-refractivity contribution in [1.29, 1.82) is 0 Å². The van der Waals surface area contributed by atoms with Crippen LogP contribution < -0.4 is 15.0 Å². The molecular weight excluding hydrogens is 531 g/mol. The number of nitrogens with one attached hydrogen (secondary N) is 1. The molecule has 1 aromatic carbocycles. The molecule has 7 nitrogen and oxygen atoms in total. The van der Waals surface area contributed by atoms with E-state index in [0.29, 0.717) is 12.5 Å². The van der Waals surface area contributed by atoms with E-state index in [9.17, 15) is 18.0 Å². The average Bonchev–Trinajstić information content (AvgIpc) is 2.96. The summed E-state index contributed by atoms with van der Waals surface area (Å²) in [5.41, 5.74) is 2.22. The lowest BCUT2D eigenvalue weighted by Crippen LogP contribution is -2.48. The Morgan fingerprint density at radius 2 is 1.83 bits per heavy atom. The number of amides is 1. The normalized spacial score (nSPS) is 15.4. The molecule has 1 amide bonds. The number of aromatic nitrogens is 2. The summed E-state index contributed by atoms with van der Waals surface area (Å²) < 4.78 is 45.6. The number of benzene rings is 1. The number of halogens is 3. The largest absolute Gasteiger partial charge is 0.497 e. The van der Waals surface area contributed by atoms with E-state index in [0.717, 1.165) is 56.2 Å². The molecule has 0 radical (unpaired) electrons. The molecule has 0 bridgehead atoms. The first kappa shape index (κ1) is 30.3. The minimum absolute atomic E-state index is 0.0651. The van der Waals surface area contributed by atoms with E-state index in [-0.39, 0.29) is 18.3 Å². The third-order valence-corrected chi connectivity index (χ3v) is 7.98. The number of anilines is 1. The van der Waals surface area contributed by atoms with Gasteiger partial charge in [0.2, 0.25) is 0 Å². The molecule has 3 aromatic rings. The second-order valence-corrected chi connectivity index (χ2v) is 10.6. The molecule has 10 heteroatoms. The first-order valence-electron chi connectivity index (χ1n) is 13.9. The summed E-state index contributed by atoms with van der Waals surface area (Å²) in [5, 5.41) is 2.68. The minimum Gasteiger partial charge on any atom is -0.497 e. The molecule has 1 atom stereocenters. The fraction of sp³-hybridized carbons (Fsp3) is 0.452. The Morgan fingerprint density at radius 3 is 2.46 bits per heavy atom. The van der Waals surface area contributed by atoms with Gasteiger partial charge in [-0.1, -0.05) is 0 Å². The van der Waals surface area contributed by atoms with Crippen molar-refractivity contribution in [1.82, 2.24) is 20.2 Å². The van der Waals surface area contributed by atoms with Crippen LogP contribution in [0.1, 0.15) is 58.9 Å². The number of alkyl halides is 3. The number of rotatable bonds is 10. The van der Waals surface area contributed by atoms with Gasteiger partial charge in [-0.15, -0.1) is 0 Å². The van der Waals surface area contributed by atoms with Gasteiger partial charge >= 0.3 is 6.18 Å². The standard InChI is InChI=1S/C31H38F3N5O2/c1-21-9-14-35-19-24(21)20-39(25-5-7-27(41-4)8-6-25)26-12-17-38(18-13-26)22(2)10-15-37-30(40)29-23(3)36-16-11-28(29)31(32,33)34/h5-9,11,14,16,19,22,26H,10,12-13,15,17-18,20H2,1-4H3,(H,37,40)/t22-/m1/s1. The van der Waals surface area contributed by atoms with Crippen LogP contribution in [0.15, 0.2) is 55.0 Å². The Morgan fingerprint density at radius 1 is 1.12 bits per heavy atom. The zero-order valence-corrected chi connectivity index (χ0v) is 24.0. The summed E-state index contributed by atoms with van der Waals surface area (Å²) in [7, 11) is 1.66. The Kier molecular flexibility index (Phi) is 9.86. The van der Waals surface area contributed by atoms with Crippen LogP contribution in [0, 0.1) is 13.8 Å². The second-order valence-electron chi connectivity index (χ2n) is 10.6. The molecular formula is C31H38F3N5O2. The molecule has 220 valence electrons. The average molecular weight is 570 g/mol. The van der Waals surface area contributed by atoms with E-state index in [1.165, 1.54) is 18.1 Å². The molecule has 41 heavy (non-hydrogen) atoms. The maximum Gasteiger partial charge on any atom is 0.417 e. The van der Waals surface area contributed by atoms with Gasteiger partial charge in [-0.25, -0.2) is 0 Å². The van der Waals surface area contributed by atoms with Crippen LogP contribution in [0.3, 0.4) is 0 Å². The lowest BCUT2D eigenvalue weighted by atomic mass is 9.99. The number of methoxy groups -OCH3 is 1. The summed E-state index contributed by atoms with van der Waals surface area (Å²) in [6.45, 7) is 8.43. The Balaban J connectivity index is 1.35. The first-order valence-corrected chi connectivity index (χ1v) is 13.9. The minimum atomic E-state index is -4.62. The number of hydrogen-bond donors (Lipinski definition) is 1. The fourth-order valence-electron chi connectivity index (χ4n) is 5.44. The number of nitrogens with zero attached hydrogens (tertiary/aromatic N) is 4. The molecule has 4 rings (SSSR count). The number of carbonyl (C=O) groups excluding carboxylic acids is 1. The number of likely N-dealkylation sites (tertiary alicyclic amines) is 1. The van der Waals surface area contributed by atoms with Crippen molar-refractivity contribution in [3.63, 3.8) is 0 Å². The van der Waals surface area contributed by atoms with E-state index in [2.05, 4.69) is 51.1 Å². The zero-order valence-electron chi connectivity index (χ0n) is 24.0. The highest BCUT2D eigenvalue weighted by Crippen LogP contribution is 2.33. The van der Waals surface area contributed by atoms with Gasteiger partial charge in [0.25, 0.3) is 5.91 Å². The molecule has 0 saturated carbocycles. The SMILES string of the molecule is COc1ccc(N(Cc2cnccc2C)C2CCN([C@H](C)CCNC(=O)c3c(C(F)(F)F)ccnc3C)CC2)cc1. The fourth-order valence-corrected chi connectivity index (χ4v) is 5.44. The third kappa shape index (κ3) is 7.55. The van der Waals surface area contributed by atoms with Crippen molar-refractivity contribution in [2.75, 3.05) is 31.6 Å². The van der Waals surface area contributed by atoms with Crippen LogP contribution in [0.4, 0.5) is 18.9 Å². The van der Waals surface area contributed by atoms with Crippen LogP contribution in [0.25, 0.3) is 0 Å². The molecule has 0 spiro atoms. The number of hydrogen-bond acceptors (Lipinski definition) is 6. The third-order valence-electron chi connectivity index (χ3n) is 7.98. The van der Waals surface area contributed by atoms with Crippen molar-refractivity contribution in [3.8, 4) is 5.75 Å². The highest BCUT2D eigenvalue weighted by Gasteiger charge is 2.36. The maximum absolute atomic E-state index is 13.4. The van der Waals surface area contributed by atoms with E-state index in [1.807, 2.05) is 30.6 Å². The van der Waals surface area contributed by atoms with Gasteiger partial charge in [-0.05, 0) is 87.6 Å². The van der Waals surface area contributed by atoms with Crippen LogP contribution in [0.5, 0.6) is 5.75 Å². The van der Waals surface area contributed by atoms with Crippen LogP contribution in [0.2, 0.25) is 0 Å². The summed E-state index contributed by atoms with van der Waals surface area (Å²) in [4.78, 5) is 25.7. The molecule has 1 saturated heterocycles. The molecule has 0 aliphatic carbocycles. The van der Waals surface area contributed by atoms with Gasteiger partial charge in [0.1, 0.15) is 5.75 Å². The smallest absolute Gasteiger partial charge is 0.417 e. The summed E-state index contributed by atoms with van der Waals surface area (Å²) >= 11 is 0. The second kappa shape index (κ2) is 13.3. The van der Waals surface area contributed by atoms with Crippen molar-refractivity contribution < 1.29 is 22.7 Å². The zero-order chi connectivity index (χ0) is 29.6. The van der Waals surface area contributed by atoms with Gasteiger partial charge in [-0.2, -0.15) is 13.2 Å². The Bertz CT molecular complexity index is 1310. The topological polar surface area (TPSA) is 70.6 Å². The number of aryl methyl sites for hydroxylation is 2. The monoisotopic (exact) mass is 569 g/mol. The van der Waals surface area contributed by atoms with Gasteiger partial charge in [0.05, 0.1) is 23.9 Å².